The standard InChI is InChI=1S/C15H22N2OS/c1-4-10-17-15(18)12(3)19-14-8-6-13(7-9-14)11-16-5-2/h4,6-9,12,16H,1,5,10-11H2,2-3H3,(H,17,18). The minimum Gasteiger partial charge on any atom is -0.352 e. The molecule has 0 radical (unpaired) electrons. The van der Waals surface area contributed by atoms with Crippen LogP contribution in [0.15, 0.2) is 41.8 Å². The topological polar surface area (TPSA) is 41.1 Å². The Balaban J connectivity index is 2.47. The van der Waals surface area contributed by atoms with Gasteiger partial charge in [0.15, 0.2) is 0 Å². The Bertz CT molecular complexity index is 403. The van der Waals surface area contributed by atoms with Crippen molar-refractivity contribution in [1.82, 2.24) is 10.6 Å². The van der Waals surface area contributed by atoms with E-state index in [0.29, 0.717) is 6.54 Å². The molecule has 0 aliphatic carbocycles. The third-order valence-electron chi connectivity index (χ3n) is 2.61. The van der Waals surface area contributed by atoms with Crippen molar-refractivity contribution in [3.05, 3.63) is 42.5 Å². The molecule has 0 saturated heterocycles. The zero-order valence-corrected chi connectivity index (χ0v) is 12.4. The molecule has 0 bridgehead atoms. The third-order valence-corrected chi connectivity index (χ3v) is 3.72. The number of hydrogen-bond acceptors (Lipinski definition) is 3. The lowest BCUT2D eigenvalue weighted by molar-refractivity contribution is -0.120. The predicted octanol–water partition coefficient (Wildman–Crippen LogP) is 2.58. The third kappa shape index (κ3) is 5.94. The van der Waals surface area contributed by atoms with Crippen molar-refractivity contribution >= 4 is 17.7 Å². The molecule has 3 nitrogen and oxygen atoms in total. The molecule has 19 heavy (non-hydrogen) atoms. The maximum atomic E-state index is 11.7. The van der Waals surface area contributed by atoms with Crippen molar-refractivity contribution in [2.75, 3.05) is 13.1 Å². The van der Waals surface area contributed by atoms with Gasteiger partial charge in [-0.15, -0.1) is 18.3 Å². The first-order valence-corrected chi connectivity index (χ1v) is 7.40. The second-order valence-corrected chi connectivity index (χ2v) is 5.63. The first kappa shape index (κ1) is 15.8. The Kier molecular flexibility index (Phi) is 7.30. The highest BCUT2D eigenvalue weighted by atomic mass is 32.2. The Labute approximate surface area is 119 Å². The monoisotopic (exact) mass is 278 g/mol. The van der Waals surface area contributed by atoms with Crippen LogP contribution in [0.3, 0.4) is 0 Å². The maximum absolute atomic E-state index is 11.7. The van der Waals surface area contributed by atoms with Crippen LogP contribution in [0.4, 0.5) is 0 Å². The van der Waals surface area contributed by atoms with Gasteiger partial charge >= 0.3 is 0 Å². The van der Waals surface area contributed by atoms with Gasteiger partial charge in [-0.25, -0.2) is 0 Å². The lowest BCUT2D eigenvalue weighted by Crippen LogP contribution is -2.30. The van der Waals surface area contributed by atoms with Crippen molar-refractivity contribution in [3.8, 4) is 0 Å². The molecule has 104 valence electrons. The molecule has 1 atom stereocenters. The van der Waals surface area contributed by atoms with E-state index in [0.717, 1.165) is 18.0 Å². The summed E-state index contributed by atoms with van der Waals surface area (Å²) in [6.45, 7) is 9.96. The van der Waals surface area contributed by atoms with Gasteiger partial charge in [-0.05, 0) is 31.2 Å². The molecule has 1 aromatic carbocycles. The van der Waals surface area contributed by atoms with Gasteiger partial charge in [0.25, 0.3) is 0 Å². The normalized spacial score (nSPS) is 11.9. The van der Waals surface area contributed by atoms with Gasteiger partial charge < -0.3 is 10.6 Å². The summed E-state index contributed by atoms with van der Waals surface area (Å²) in [6.07, 6.45) is 1.69. The first-order valence-electron chi connectivity index (χ1n) is 6.52. The number of carbonyl (C=O) groups excluding carboxylic acids is 1. The average molecular weight is 278 g/mol. The molecule has 4 heteroatoms. The number of benzene rings is 1. The molecule has 0 aliphatic rings. The number of rotatable bonds is 8. The van der Waals surface area contributed by atoms with Gasteiger partial charge in [0.2, 0.25) is 5.91 Å². The smallest absolute Gasteiger partial charge is 0.233 e. The number of amides is 1. The summed E-state index contributed by atoms with van der Waals surface area (Å²) in [5.41, 5.74) is 1.26. The van der Waals surface area contributed by atoms with Crippen LogP contribution in [0.25, 0.3) is 0 Å². The molecule has 0 heterocycles. The Morgan fingerprint density at radius 1 is 1.42 bits per heavy atom. The largest absolute Gasteiger partial charge is 0.352 e. The van der Waals surface area contributed by atoms with Crippen LogP contribution in [-0.4, -0.2) is 24.2 Å². The molecule has 0 aliphatic heterocycles. The Morgan fingerprint density at radius 2 is 2.11 bits per heavy atom. The number of nitrogens with one attached hydrogen (secondary N) is 2. The van der Waals surface area contributed by atoms with Gasteiger partial charge in [0.05, 0.1) is 5.25 Å². The van der Waals surface area contributed by atoms with Gasteiger partial charge in [-0.1, -0.05) is 25.1 Å². The van der Waals surface area contributed by atoms with Crippen LogP contribution in [0.5, 0.6) is 0 Å². The van der Waals surface area contributed by atoms with Gasteiger partial charge in [0.1, 0.15) is 0 Å². The summed E-state index contributed by atoms with van der Waals surface area (Å²) < 4.78 is 0. The van der Waals surface area contributed by atoms with E-state index in [4.69, 9.17) is 0 Å². The molecule has 0 aromatic heterocycles. The van der Waals surface area contributed by atoms with E-state index in [9.17, 15) is 4.79 Å². The number of hydrogen-bond donors (Lipinski definition) is 2. The molecule has 0 spiro atoms. The summed E-state index contributed by atoms with van der Waals surface area (Å²) in [5, 5.41) is 5.99. The van der Waals surface area contributed by atoms with Crippen LogP contribution >= 0.6 is 11.8 Å². The minimum absolute atomic E-state index is 0.0432. The Hall–Kier alpha value is -1.26. The van der Waals surface area contributed by atoms with Crippen molar-refractivity contribution in [2.45, 2.75) is 30.5 Å². The van der Waals surface area contributed by atoms with Crippen LogP contribution in [0, 0.1) is 0 Å². The van der Waals surface area contributed by atoms with Gasteiger partial charge in [0, 0.05) is 18.0 Å². The summed E-state index contributed by atoms with van der Waals surface area (Å²) >= 11 is 1.57. The highest BCUT2D eigenvalue weighted by Crippen LogP contribution is 2.23. The van der Waals surface area contributed by atoms with E-state index in [2.05, 4.69) is 48.4 Å². The van der Waals surface area contributed by atoms with E-state index in [1.165, 1.54) is 5.56 Å². The van der Waals surface area contributed by atoms with E-state index in [1.54, 1.807) is 17.8 Å². The van der Waals surface area contributed by atoms with Crippen molar-refractivity contribution in [1.29, 1.82) is 0 Å². The molecule has 0 saturated carbocycles. The van der Waals surface area contributed by atoms with Crippen LogP contribution in [0.1, 0.15) is 19.4 Å². The van der Waals surface area contributed by atoms with Gasteiger partial charge in [-0.2, -0.15) is 0 Å². The first-order chi connectivity index (χ1) is 9.17. The molecule has 2 N–H and O–H groups in total. The van der Waals surface area contributed by atoms with Crippen molar-refractivity contribution in [2.24, 2.45) is 0 Å². The van der Waals surface area contributed by atoms with E-state index >= 15 is 0 Å². The average Bonchev–Trinajstić information content (AvgIpc) is 2.43. The summed E-state index contributed by atoms with van der Waals surface area (Å²) in [6, 6.07) is 8.32. The molecule has 0 fully saturated rings. The SMILES string of the molecule is C=CCNC(=O)C(C)Sc1ccc(CNCC)cc1. The van der Waals surface area contributed by atoms with E-state index < -0.39 is 0 Å². The van der Waals surface area contributed by atoms with Crippen LogP contribution in [0.2, 0.25) is 0 Å². The van der Waals surface area contributed by atoms with E-state index in [-0.39, 0.29) is 11.2 Å². The molecule has 1 aromatic rings. The van der Waals surface area contributed by atoms with Crippen LogP contribution < -0.4 is 10.6 Å². The molecule has 1 rings (SSSR count). The zero-order valence-electron chi connectivity index (χ0n) is 11.6. The number of thioether (sulfide) groups is 1. The van der Waals surface area contributed by atoms with Crippen molar-refractivity contribution in [3.63, 3.8) is 0 Å². The highest BCUT2D eigenvalue weighted by Gasteiger charge is 2.13. The second-order valence-electron chi connectivity index (χ2n) is 4.22. The molecular weight excluding hydrogens is 256 g/mol. The molecular formula is C15H22N2OS. The second kappa shape index (κ2) is 8.77. The summed E-state index contributed by atoms with van der Waals surface area (Å²) in [4.78, 5) is 12.8. The fraction of sp³-hybridized carbons (Fsp3) is 0.400. The lowest BCUT2D eigenvalue weighted by Gasteiger charge is -2.11. The molecule has 1 amide bonds. The van der Waals surface area contributed by atoms with E-state index in [1.807, 2.05) is 6.92 Å². The fourth-order valence-corrected chi connectivity index (χ4v) is 2.42. The zero-order chi connectivity index (χ0) is 14.1. The minimum atomic E-state index is -0.0976. The predicted molar refractivity (Wildman–Crippen MR) is 82.3 cm³/mol. The number of carbonyl (C=O) groups is 1. The van der Waals surface area contributed by atoms with Crippen molar-refractivity contribution < 1.29 is 4.79 Å². The van der Waals surface area contributed by atoms with Crippen LogP contribution in [-0.2, 0) is 11.3 Å². The lowest BCUT2D eigenvalue weighted by atomic mass is 10.2. The Morgan fingerprint density at radius 3 is 2.68 bits per heavy atom. The summed E-state index contributed by atoms with van der Waals surface area (Å²) in [7, 11) is 0. The van der Waals surface area contributed by atoms with Gasteiger partial charge in [-0.3, -0.25) is 4.79 Å². The summed E-state index contributed by atoms with van der Waals surface area (Å²) in [5.74, 6) is 0.0432. The fourth-order valence-electron chi connectivity index (χ4n) is 1.53. The quantitative estimate of drug-likeness (QED) is 0.567. The molecule has 1 unspecified atom stereocenters. The maximum Gasteiger partial charge on any atom is 0.233 e. The highest BCUT2D eigenvalue weighted by molar-refractivity contribution is 8.00.